The molecule has 16 nitrogen and oxygen atoms in total. The Morgan fingerprint density at radius 3 is 0.919 bits per heavy atom. The van der Waals surface area contributed by atoms with E-state index in [1.807, 2.05) is 183 Å². The van der Waals surface area contributed by atoms with Crippen molar-refractivity contribution in [3.8, 4) is 114 Å². The van der Waals surface area contributed by atoms with Crippen LogP contribution < -0.4 is 18.9 Å². The summed E-state index contributed by atoms with van der Waals surface area (Å²) in [5.74, 6) is 8.46. The summed E-state index contributed by atoms with van der Waals surface area (Å²) in [5, 5.41) is 9.00. The van der Waals surface area contributed by atoms with Crippen molar-refractivity contribution in [3.63, 3.8) is 0 Å². The zero-order valence-electron chi connectivity index (χ0n) is 66.0. The molecule has 0 unspecified atom stereocenters. The van der Waals surface area contributed by atoms with E-state index >= 15 is 0 Å². The Morgan fingerprint density at radius 1 is 0.236 bits per heavy atom. The normalized spacial score (nSPS) is 11.2. The minimum Gasteiger partial charge on any atom is -0.503 e. The second kappa shape index (κ2) is 33.8. The van der Waals surface area contributed by atoms with Gasteiger partial charge < -0.3 is 38.0 Å². The van der Waals surface area contributed by atoms with E-state index in [0.717, 1.165) is 167 Å². The summed E-state index contributed by atoms with van der Waals surface area (Å²) in [6.07, 6.45) is 14.4. The molecular weight excluding hydrogens is 1880 g/mol. The number of ether oxygens (including phenoxy) is 4. The van der Waals surface area contributed by atoms with Gasteiger partial charge in [-0.05, 0) is 182 Å². The Hall–Kier alpha value is -14.8. The molecule has 22 rings (SSSR count). The maximum Gasteiger partial charge on any atom is 2.00 e. The van der Waals surface area contributed by atoms with E-state index in [9.17, 15) is 0 Å². The molecule has 12 aromatic carbocycles. The van der Waals surface area contributed by atoms with Crippen LogP contribution in [0.15, 0.2) is 341 Å². The fourth-order valence-electron chi connectivity index (χ4n) is 15.9. The molecule has 0 radical (unpaired) electrons. The average Bonchev–Trinajstić information content (AvgIpc) is 1.61. The van der Waals surface area contributed by atoms with E-state index in [1.54, 1.807) is 24.8 Å². The first kappa shape index (κ1) is 79.3. The van der Waals surface area contributed by atoms with Crippen LogP contribution in [-0.2, 0) is 42.1 Å². The van der Waals surface area contributed by atoms with Gasteiger partial charge in [-0.1, -0.05) is 128 Å². The number of rotatable bonds is 16. The molecule has 22 aromatic rings. The maximum atomic E-state index is 6.49. The van der Waals surface area contributed by atoms with Gasteiger partial charge in [-0.25, -0.2) is 19.9 Å². The molecule has 0 saturated heterocycles. The molecule has 0 aliphatic carbocycles. The van der Waals surface area contributed by atoms with Crippen LogP contribution in [-0.4, -0.2) is 58.1 Å². The Balaban J connectivity index is 0.000000164. The van der Waals surface area contributed by atoms with Gasteiger partial charge in [-0.2, -0.15) is 12.1 Å². The molecule has 10 heterocycles. The molecule has 0 N–H and O–H groups in total. The van der Waals surface area contributed by atoms with Crippen LogP contribution in [0.2, 0.25) is 0 Å². The quantitative estimate of drug-likeness (QED) is 0.0844. The summed E-state index contributed by atoms with van der Waals surface area (Å²) >= 11 is 0. The van der Waals surface area contributed by atoms with Gasteiger partial charge in [0, 0.05) is 127 Å². The van der Waals surface area contributed by atoms with Gasteiger partial charge in [0.15, 0.2) is 0 Å². The second-order valence-electron chi connectivity index (χ2n) is 29.6. The molecule has 0 bridgehead atoms. The Kier molecular flexibility index (Phi) is 21.8. The van der Waals surface area contributed by atoms with Gasteiger partial charge in [0.2, 0.25) is 0 Å². The van der Waals surface area contributed by atoms with Gasteiger partial charge in [-0.3, -0.25) is 19.1 Å². The molecule has 0 amide bonds. The van der Waals surface area contributed by atoms with Gasteiger partial charge in [0.25, 0.3) is 0 Å². The van der Waals surface area contributed by atoms with Crippen molar-refractivity contribution in [3.05, 3.63) is 387 Å². The van der Waals surface area contributed by atoms with Crippen LogP contribution in [0.5, 0.6) is 46.0 Å². The van der Waals surface area contributed by atoms with Gasteiger partial charge in [0.1, 0.15) is 46.3 Å². The predicted octanol–water partition coefficient (Wildman–Crippen LogP) is 25.8. The second-order valence-corrected chi connectivity index (χ2v) is 29.6. The summed E-state index contributed by atoms with van der Waals surface area (Å²) in [5.41, 5.74) is 18.8. The number of benzene rings is 12. The number of hydrogen-bond acceptors (Lipinski definition) is 12. The number of para-hydroxylation sites is 4. The maximum absolute atomic E-state index is 6.49. The van der Waals surface area contributed by atoms with Crippen molar-refractivity contribution in [2.75, 3.05) is 0 Å². The molecule has 0 fully saturated rings. The summed E-state index contributed by atoms with van der Waals surface area (Å²) in [6.45, 7) is 8.30. The minimum atomic E-state index is 0. The van der Waals surface area contributed by atoms with Crippen molar-refractivity contribution in [2.24, 2.45) is 0 Å². The van der Waals surface area contributed by atoms with Crippen LogP contribution in [0.25, 0.3) is 156 Å². The number of fused-ring (bicyclic) bond motifs is 12. The van der Waals surface area contributed by atoms with E-state index in [0.29, 0.717) is 45.9 Å². The standard InChI is InChI=1S/C52H36N6O2.C52H32N6O2.CH4.2Pt/c2*1-33-21-23-53-51(25-33)57-47-15-5-3-13-41(47)43-19-17-39(29-49(43)57)59-37-11-7-9-35(27-37)45-31-56-46(32-55-45)36-10-8-12-38(28-36)60-40-18-20-44-42-14-4-6-16-48(42)58(50(44)30-40)52-26-34(2)22-24-54-52;;;/h3-32H,1-2H3;3-26,31-32H,1-2H3;1H4;;/q;-4;;2*+2. The minimum absolute atomic E-state index is 0. The third kappa shape index (κ3) is 15.4. The van der Waals surface area contributed by atoms with Gasteiger partial charge >= 0.3 is 42.1 Å². The van der Waals surface area contributed by atoms with E-state index in [-0.39, 0.29) is 49.6 Å². The van der Waals surface area contributed by atoms with Gasteiger partial charge in [0.05, 0.1) is 45.8 Å². The van der Waals surface area contributed by atoms with Gasteiger partial charge in [-0.15, -0.1) is 82.6 Å². The zero-order valence-corrected chi connectivity index (χ0v) is 70.5. The fourth-order valence-corrected chi connectivity index (χ4v) is 15.9. The molecule has 596 valence electrons. The molecule has 123 heavy (non-hydrogen) atoms. The SMILES string of the molecule is C.Cc1ccnc(-n2c3[c-]c(Oc4[c-]c(-c5cnc(-c6[c-]c(Oc7[c-]c8c(cc7)c7ccccc7n8-c7cc(C)ccn7)ccc6)cn5)ccc4)ccc3c3ccccc32)c1.Cc1ccnc(-n2c3ccccc3c3ccc(Oc4cccc(-c5cnc(-c6cccc(Oc7ccc8c9ccccc9n(-c9cc(C)ccn9)c8c7)c6)cn5)c4)cc32)c1.[Pt+2].[Pt+2]. The zero-order chi connectivity index (χ0) is 80.3. The average molecular weight is 1960 g/mol. The topological polar surface area (TPSA) is 160 Å². The molecule has 10 aromatic heterocycles. The largest absolute Gasteiger partial charge is 2.00 e. The monoisotopic (exact) mass is 1950 g/mol. The summed E-state index contributed by atoms with van der Waals surface area (Å²) < 4.78 is 34.4. The number of nitrogens with zero attached hydrogens (tertiary/aromatic N) is 12. The van der Waals surface area contributed by atoms with Crippen LogP contribution in [0.4, 0.5) is 0 Å². The van der Waals surface area contributed by atoms with Crippen LogP contribution >= 0.6 is 0 Å². The predicted molar refractivity (Wildman–Crippen MR) is 481 cm³/mol. The number of aromatic nitrogens is 12. The summed E-state index contributed by atoms with van der Waals surface area (Å²) in [6, 6.07) is 111. The van der Waals surface area contributed by atoms with Crippen molar-refractivity contribution >= 4 is 87.2 Å². The Morgan fingerprint density at radius 2 is 0.545 bits per heavy atom. The summed E-state index contributed by atoms with van der Waals surface area (Å²) in [7, 11) is 0. The van der Waals surface area contributed by atoms with Crippen LogP contribution in [0.1, 0.15) is 29.7 Å². The van der Waals surface area contributed by atoms with Crippen molar-refractivity contribution < 1.29 is 61.1 Å². The molecule has 0 aliphatic heterocycles. The molecule has 18 heteroatoms. The summed E-state index contributed by atoms with van der Waals surface area (Å²) in [4.78, 5) is 38.0. The number of aryl methyl sites for hydroxylation is 4. The fraction of sp³-hybridized carbons (Fsp3) is 0.0476. The van der Waals surface area contributed by atoms with Crippen molar-refractivity contribution in [2.45, 2.75) is 35.1 Å². The third-order valence-corrected chi connectivity index (χ3v) is 21.5. The van der Waals surface area contributed by atoms with Crippen LogP contribution in [0, 0.1) is 52.0 Å². The third-order valence-electron chi connectivity index (χ3n) is 21.5. The van der Waals surface area contributed by atoms with Crippen LogP contribution in [0.3, 0.4) is 0 Å². The number of hydrogen-bond donors (Lipinski definition) is 0. The molecule has 0 saturated carbocycles. The van der Waals surface area contributed by atoms with E-state index < -0.39 is 0 Å². The van der Waals surface area contributed by atoms with E-state index in [1.165, 1.54) is 10.8 Å². The smallest absolute Gasteiger partial charge is 0.503 e. The molecule has 0 aliphatic rings. The first-order valence-electron chi connectivity index (χ1n) is 39.4. The first-order chi connectivity index (χ1) is 59.0. The van der Waals surface area contributed by atoms with E-state index in [4.69, 9.17) is 48.9 Å². The molecular formula is C105H72N12O4Pt2. The molecule has 0 spiro atoms. The van der Waals surface area contributed by atoms with Crippen molar-refractivity contribution in [1.82, 2.24) is 58.1 Å². The van der Waals surface area contributed by atoms with Crippen molar-refractivity contribution in [1.29, 1.82) is 0 Å². The Bertz CT molecular complexity index is 6860. The molecule has 0 atom stereocenters. The Labute approximate surface area is 737 Å². The first-order valence-corrected chi connectivity index (χ1v) is 39.4. The van der Waals surface area contributed by atoms with E-state index in [2.05, 4.69) is 214 Å². The number of pyridine rings is 4.